The number of piperazine rings is 1. The number of aromatic nitrogens is 7. The second-order valence-corrected chi connectivity index (χ2v) is 11.5. The van der Waals surface area contributed by atoms with Crippen LogP contribution < -0.4 is 10.6 Å². The number of halogens is 1. The normalized spacial score (nSPS) is 18.9. The first-order valence-corrected chi connectivity index (χ1v) is 14.4. The molecule has 0 spiro atoms. The molecule has 0 N–H and O–H groups in total. The highest BCUT2D eigenvalue weighted by Crippen LogP contribution is 2.33. The molecule has 218 valence electrons. The van der Waals surface area contributed by atoms with Crippen LogP contribution >= 0.6 is 0 Å². The molecule has 6 heterocycles. The highest BCUT2D eigenvalue weighted by atomic mass is 19.1. The number of aryl methyl sites for hydroxylation is 2. The van der Waals surface area contributed by atoms with Crippen LogP contribution in [0, 0.1) is 5.82 Å². The second kappa shape index (κ2) is 10.7. The summed E-state index contributed by atoms with van der Waals surface area (Å²) in [5.41, 5.74) is 2.83. The van der Waals surface area contributed by atoms with Crippen LogP contribution in [0.15, 0.2) is 42.0 Å². The van der Waals surface area contributed by atoms with Crippen molar-refractivity contribution in [2.45, 2.75) is 71.4 Å². The Labute approximate surface area is 242 Å². The molecule has 6 rings (SSSR count). The van der Waals surface area contributed by atoms with E-state index in [0.29, 0.717) is 42.8 Å². The van der Waals surface area contributed by atoms with Crippen LogP contribution in [0.3, 0.4) is 0 Å². The third kappa shape index (κ3) is 4.64. The van der Waals surface area contributed by atoms with E-state index < -0.39 is 11.5 Å². The number of pyridine rings is 2. The zero-order chi connectivity index (χ0) is 29.7. The fraction of sp³-hybridized carbons (Fsp3) is 0.433. The Balaban J connectivity index is 1.64. The lowest BCUT2D eigenvalue weighted by Crippen LogP contribution is -2.58. The van der Waals surface area contributed by atoms with E-state index in [-0.39, 0.29) is 35.4 Å². The minimum absolute atomic E-state index is 0.00630. The quantitative estimate of drug-likeness (QED) is 0.343. The Kier molecular flexibility index (Phi) is 7.07. The fourth-order valence-electron chi connectivity index (χ4n) is 6.27. The molecule has 12 heteroatoms. The molecule has 2 aliphatic heterocycles. The molecule has 4 bridgehead atoms. The summed E-state index contributed by atoms with van der Waals surface area (Å²) in [7, 11) is 0. The van der Waals surface area contributed by atoms with Gasteiger partial charge < -0.3 is 9.80 Å². The maximum Gasteiger partial charge on any atom is 0.355 e. The Morgan fingerprint density at radius 1 is 1.12 bits per heavy atom. The van der Waals surface area contributed by atoms with Crippen molar-refractivity contribution in [3.63, 3.8) is 0 Å². The smallest absolute Gasteiger partial charge is 0.352 e. The molecule has 1 fully saturated rings. The zero-order valence-corrected chi connectivity index (χ0v) is 24.3. The molecule has 2 atom stereocenters. The summed E-state index contributed by atoms with van der Waals surface area (Å²) < 4.78 is 18.7. The van der Waals surface area contributed by atoms with Crippen LogP contribution in [0.1, 0.15) is 63.4 Å². The Hall–Kier alpha value is -4.48. The molecule has 1 amide bonds. The predicted octanol–water partition coefficient (Wildman–Crippen LogP) is 3.51. The number of nitrogens with zero attached hydrogens (tertiary/aromatic N) is 9. The molecule has 42 heavy (non-hydrogen) atoms. The van der Waals surface area contributed by atoms with Crippen molar-refractivity contribution >= 4 is 22.8 Å². The zero-order valence-electron chi connectivity index (χ0n) is 24.3. The van der Waals surface area contributed by atoms with E-state index in [1.807, 2.05) is 38.7 Å². The maximum atomic E-state index is 15.9. The van der Waals surface area contributed by atoms with Crippen LogP contribution in [-0.2, 0) is 17.6 Å². The van der Waals surface area contributed by atoms with Gasteiger partial charge in [-0.05, 0) is 69.2 Å². The predicted molar refractivity (Wildman–Crippen MR) is 157 cm³/mol. The third-order valence-corrected chi connectivity index (χ3v) is 8.12. The van der Waals surface area contributed by atoms with Crippen molar-refractivity contribution in [2.24, 2.45) is 0 Å². The first kappa shape index (κ1) is 27.7. The van der Waals surface area contributed by atoms with Gasteiger partial charge in [0.05, 0.1) is 28.7 Å². The average Bonchev–Trinajstić information content (AvgIpc) is 3.42. The maximum absolute atomic E-state index is 15.9. The minimum Gasteiger partial charge on any atom is -0.352 e. The number of hydrogen-bond donors (Lipinski definition) is 0. The largest absolute Gasteiger partial charge is 0.355 e. The molecule has 4 aromatic heterocycles. The van der Waals surface area contributed by atoms with E-state index in [4.69, 9.17) is 4.98 Å². The van der Waals surface area contributed by atoms with Crippen molar-refractivity contribution in [3.8, 4) is 11.5 Å². The Bertz CT molecular complexity index is 1750. The summed E-state index contributed by atoms with van der Waals surface area (Å²) in [5.74, 6) is -0.486. The molecular formula is C30H34FN9O2. The summed E-state index contributed by atoms with van der Waals surface area (Å²) in [4.78, 5) is 44.4. The van der Waals surface area contributed by atoms with Crippen LogP contribution in [0.25, 0.3) is 22.5 Å². The molecule has 2 unspecified atom stereocenters. The van der Waals surface area contributed by atoms with Crippen LogP contribution in [-0.4, -0.2) is 70.5 Å². The van der Waals surface area contributed by atoms with E-state index in [1.54, 1.807) is 17.3 Å². The van der Waals surface area contributed by atoms with Gasteiger partial charge in [-0.2, -0.15) is 9.67 Å². The van der Waals surface area contributed by atoms with Gasteiger partial charge in [0.15, 0.2) is 17.3 Å². The van der Waals surface area contributed by atoms with Crippen LogP contribution in [0.2, 0.25) is 0 Å². The molecule has 0 radical (unpaired) electrons. The summed E-state index contributed by atoms with van der Waals surface area (Å²) in [6, 6.07) is 2.93. The fourth-order valence-corrected chi connectivity index (χ4v) is 6.27. The number of amides is 1. The highest BCUT2D eigenvalue weighted by Gasteiger charge is 2.34. The molecule has 2 aliphatic rings. The van der Waals surface area contributed by atoms with Crippen molar-refractivity contribution in [2.75, 3.05) is 18.0 Å². The van der Waals surface area contributed by atoms with Gasteiger partial charge in [-0.15, -0.1) is 5.10 Å². The molecule has 0 aromatic carbocycles. The van der Waals surface area contributed by atoms with Gasteiger partial charge in [-0.3, -0.25) is 9.78 Å². The standard InChI is InChI=1S/C30H34FN9O2/c1-6-24(41)39-18(4)14-37(15-19(39)5)27-22-13-23(31)29-33-28(22)40(30(42)34-27)26-20(11-12-32-25(26)17(2)3)9-7-8-10-21-16-38(29)36-35-21/h6,11-13,16-19H,1,7-10,14-15H2,2-5H3. The molecule has 11 nitrogen and oxygen atoms in total. The average molecular weight is 572 g/mol. The molecule has 1 saturated heterocycles. The number of carbonyl (C=O) groups is 1. The highest BCUT2D eigenvalue weighted by molar-refractivity contribution is 5.90. The molecule has 0 aliphatic carbocycles. The number of anilines is 1. The lowest BCUT2D eigenvalue weighted by molar-refractivity contribution is -0.130. The summed E-state index contributed by atoms with van der Waals surface area (Å²) in [6.07, 6.45) is 7.88. The van der Waals surface area contributed by atoms with Crippen molar-refractivity contribution in [1.29, 1.82) is 0 Å². The summed E-state index contributed by atoms with van der Waals surface area (Å²) in [5, 5.41) is 8.77. The van der Waals surface area contributed by atoms with E-state index in [2.05, 4.69) is 26.9 Å². The number of hydrogen-bond acceptors (Lipinski definition) is 8. The van der Waals surface area contributed by atoms with Gasteiger partial charge in [0, 0.05) is 31.4 Å². The Morgan fingerprint density at radius 2 is 1.86 bits per heavy atom. The van der Waals surface area contributed by atoms with E-state index in [0.717, 1.165) is 29.8 Å². The number of fused-ring (bicyclic) bond motifs is 6. The number of carbonyl (C=O) groups excluding carboxylic acids is 1. The molecule has 0 saturated carbocycles. The van der Waals surface area contributed by atoms with Gasteiger partial charge in [0.25, 0.3) is 0 Å². The van der Waals surface area contributed by atoms with Gasteiger partial charge in [0.2, 0.25) is 5.91 Å². The monoisotopic (exact) mass is 571 g/mol. The summed E-state index contributed by atoms with van der Waals surface area (Å²) in [6.45, 7) is 12.4. The molecular weight excluding hydrogens is 537 g/mol. The van der Waals surface area contributed by atoms with E-state index in [1.165, 1.54) is 21.4 Å². The van der Waals surface area contributed by atoms with Gasteiger partial charge in [0.1, 0.15) is 5.82 Å². The van der Waals surface area contributed by atoms with E-state index >= 15 is 4.39 Å². The van der Waals surface area contributed by atoms with Gasteiger partial charge in [-0.1, -0.05) is 25.6 Å². The first-order chi connectivity index (χ1) is 20.2. The Morgan fingerprint density at radius 3 is 2.57 bits per heavy atom. The van der Waals surface area contributed by atoms with Crippen LogP contribution in [0.4, 0.5) is 10.2 Å². The lowest BCUT2D eigenvalue weighted by Gasteiger charge is -2.44. The number of rotatable bonds is 3. The van der Waals surface area contributed by atoms with Crippen LogP contribution in [0.5, 0.6) is 0 Å². The topological polar surface area (TPSA) is 115 Å². The lowest BCUT2D eigenvalue weighted by atomic mass is 9.99. The third-order valence-electron chi connectivity index (χ3n) is 8.12. The van der Waals surface area contributed by atoms with Crippen molar-refractivity contribution in [3.05, 3.63) is 70.4 Å². The van der Waals surface area contributed by atoms with Crippen molar-refractivity contribution in [1.82, 2.24) is 39.4 Å². The SMILES string of the molecule is C=CC(=O)N1C(C)CN(c2nc(=O)n3c4nc(c(F)cc24)-n2cc(nn2)CCCCc2ccnc(C(C)C)c2-3)CC1C. The van der Waals surface area contributed by atoms with Gasteiger partial charge >= 0.3 is 5.69 Å². The van der Waals surface area contributed by atoms with E-state index in [9.17, 15) is 9.59 Å². The molecule has 4 aromatic rings. The first-order valence-electron chi connectivity index (χ1n) is 14.4. The van der Waals surface area contributed by atoms with Gasteiger partial charge in [-0.25, -0.2) is 18.7 Å². The summed E-state index contributed by atoms with van der Waals surface area (Å²) >= 11 is 0. The second-order valence-electron chi connectivity index (χ2n) is 11.5. The minimum atomic E-state index is -0.612. The van der Waals surface area contributed by atoms with Crippen molar-refractivity contribution < 1.29 is 9.18 Å².